The molecule has 2 aromatic rings. The Hall–Kier alpha value is -2.72. The van der Waals surface area contributed by atoms with Gasteiger partial charge < -0.3 is 10.1 Å². The number of rotatable bonds is 5. The summed E-state index contributed by atoms with van der Waals surface area (Å²) in [6, 6.07) is 13.9. The molecule has 174 valence electrons. The van der Waals surface area contributed by atoms with Crippen molar-refractivity contribution in [2.45, 2.75) is 18.9 Å². The zero-order chi connectivity index (χ0) is 23.8. The van der Waals surface area contributed by atoms with Gasteiger partial charge in [0.25, 0.3) is 11.8 Å². The van der Waals surface area contributed by atoms with Gasteiger partial charge in [-0.1, -0.05) is 53.8 Å². The van der Waals surface area contributed by atoms with Gasteiger partial charge in [0.2, 0.25) is 5.91 Å². The van der Waals surface area contributed by atoms with E-state index in [2.05, 4.69) is 5.32 Å². The monoisotopic (exact) mass is 513 g/mol. The third kappa shape index (κ3) is 4.36. The predicted molar refractivity (Wildman–Crippen MR) is 137 cm³/mol. The smallest absolute Gasteiger partial charge is 0.267 e. The van der Waals surface area contributed by atoms with Gasteiger partial charge in [0.15, 0.2) is 0 Å². The van der Waals surface area contributed by atoms with Gasteiger partial charge in [-0.15, -0.1) is 0 Å². The highest BCUT2D eigenvalue weighted by Crippen LogP contribution is 2.44. The average Bonchev–Trinajstić information content (AvgIpc) is 3.50. The van der Waals surface area contributed by atoms with E-state index >= 15 is 0 Å². The summed E-state index contributed by atoms with van der Waals surface area (Å²) in [5, 5.41) is 3.33. The van der Waals surface area contributed by atoms with E-state index in [1.165, 1.54) is 9.80 Å². The Balaban J connectivity index is 1.41. The molecule has 0 aliphatic carbocycles. The normalized spacial score (nSPS) is 22.0. The number of hydrogen-bond acceptors (Lipinski definition) is 6. The fraction of sp³-hybridized carbons (Fsp3) is 0.250. The van der Waals surface area contributed by atoms with Crippen LogP contribution < -0.4 is 10.2 Å². The minimum Gasteiger partial charge on any atom is -0.376 e. The summed E-state index contributed by atoms with van der Waals surface area (Å²) >= 11 is 12.5. The maximum absolute atomic E-state index is 13.5. The molecule has 2 fully saturated rings. The van der Waals surface area contributed by atoms with Crippen molar-refractivity contribution in [1.82, 2.24) is 4.90 Å². The van der Waals surface area contributed by atoms with E-state index < -0.39 is 5.91 Å². The summed E-state index contributed by atoms with van der Waals surface area (Å²) in [7, 11) is 0. The second-order valence-electron chi connectivity index (χ2n) is 8.09. The molecule has 2 saturated heterocycles. The fourth-order valence-corrected chi connectivity index (χ4v) is 5.71. The van der Waals surface area contributed by atoms with E-state index in [1.54, 1.807) is 48.5 Å². The number of carbonyl (C=O) groups excluding carboxylic acids is 3. The van der Waals surface area contributed by atoms with E-state index in [0.717, 1.165) is 24.6 Å². The average molecular weight is 514 g/mol. The third-order valence-electron chi connectivity index (χ3n) is 5.84. The number of fused-ring (bicyclic) bond motifs is 1. The molecule has 1 N–H and O–H groups in total. The van der Waals surface area contributed by atoms with Crippen LogP contribution in [0.15, 0.2) is 53.4 Å². The van der Waals surface area contributed by atoms with Crippen LogP contribution in [0.5, 0.6) is 0 Å². The molecule has 0 saturated carbocycles. The molecule has 1 unspecified atom stereocenters. The number of nitrogens with zero attached hydrogens (tertiary/aromatic N) is 2. The van der Waals surface area contributed by atoms with Gasteiger partial charge in [-0.3, -0.25) is 24.2 Å². The highest BCUT2D eigenvalue weighted by Gasteiger charge is 2.43. The van der Waals surface area contributed by atoms with Crippen LogP contribution >= 0.6 is 35.6 Å². The van der Waals surface area contributed by atoms with Gasteiger partial charge in [-0.25, -0.2) is 0 Å². The first-order chi connectivity index (χ1) is 16.4. The van der Waals surface area contributed by atoms with Crippen molar-refractivity contribution in [3.05, 3.63) is 64.0 Å². The lowest BCUT2D eigenvalue weighted by Gasteiger charge is -2.18. The summed E-state index contributed by atoms with van der Waals surface area (Å²) in [4.78, 5) is 42.7. The van der Waals surface area contributed by atoms with Crippen LogP contribution in [0.3, 0.4) is 0 Å². The van der Waals surface area contributed by atoms with Crippen LogP contribution in [-0.2, 0) is 19.1 Å². The summed E-state index contributed by atoms with van der Waals surface area (Å²) in [5.41, 5.74) is 2.05. The maximum atomic E-state index is 13.5. The van der Waals surface area contributed by atoms with E-state index in [0.29, 0.717) is 44.3 Å². The van der Waals surface area contributed by atoms with Crippen LogP contribution in [0.1, 0.15) is 18.4 Å². The highest BCUT2D eigenvalue weighted by atomic mass is 35.5. The molecule has 3 heterocycles. The van der Waals surface area contributed by atoms with Crippen LogP contribution in [0, 0.1) is 0 Å². The number of para-hydroxylation sites is 1. The molecular weight excluding hydrogens is 494 g/mol. The number of hydrogen-bond donors (Lipinski definition) is 1. The topological polar surface area (TPSA) is 79.0 Å². The maximum Gasteiger partial charge on any atom is 0.267 e. The van der Waals surface area contributed by atoms with Gasteiger partial charge in [0.05, 0.1) is 28.8 Å². The zero-order valence-electron chi connectivity index (χ0n) is 18.0. The number of thiocarbonyl (C=S) groups is 1. The molecule has 34 heavy (non-hydrogen) atoms. The van der Waals surface area contributed by atoms with Gasteiger partial charge in [-0.05, 0) is 43.2 Å². The number of carbonyl (C=O) groups is 3. The zero-order valence-corrected chi connectivity index (χ0v) is 20.3. The number of amides is 3. The van der Waals surface area contributed by atoms with Crippen LogP contribution in [0.4, 0.5) is 11.4 Å². The molecule has 7 nitrogen and oxygen atoms in total. The van der Waals surface area contributed by atoms with Gasteiger partial charge in [0, 0.05) is 22.9 Å². The summed E-state index contributed by atoms with van der Waals surface area (Å²) < 4.78 is 6.07. The third-order valence-corrected chi connectivity index (χ3v) is 7.54. The first-order valence-electron chi connectivity index (χ1n) is 10.8. The largest absolute Gasteiger partial charge is 0.376 e. The molecule has 0 radical (unpaired) electrons. The molecule has 3 amide bonds. The van der Waals surface area contributed by atoms with Crippen LogP contribution in [0.2, 0.25) is 5.02 Å². The summed E-state index contributed by atoms with van der Waals surface area (Å²) in [6.07, 6.45) is 1.78. The predicted octanol–water partition coefficient (Wildman–Crippen LogP) is 4.08. The van der Waals surface area contributed by atoms with Gasteiger partial charge in [-0.2, -0.15) is 0 Å². The summed E-state index contributed by atoms with van der Waals surface area (Å²) in [6.45, 7) is 0.863. The van der Waals surface area contributed by atoms with Crippen LogP contribution in [-0.4, -0.2) is 52.7 Å². The fourth-order valence-electron chi connectivity index (χ4n) is 4.23. The molecule has 2 aromatic carbocycles. The second kappa shape index (κ2) is 9.50. The molecule has 3 aliphatic heterocycles. The van der Waals surface area contributed by atoms with Crippen LogP contribution in [0.25, 0.3) is 5.57 Å². The Morgan fingerprint density at radius 3 is 2.62 bits per heavy atom. The number of thioether (sulfide) groups is 1. The standard InChI is InChI=1S/C24H20ClN3O4S2/c25-14-7-9-15(10-8-14)26-19(29)13-27-18-6-2-1-5-17(18)20(22(27)30)21-23(31)28(24(33)34-21)12-16-4-3-11-32-16/h1-2,5-10,16H,3-4,11-13H2,(H,26,29)/b21-20-. The van der Waals surface area contributed by atoms with Crippen molar-refractivity contribution in [2.24, 2.45) is 0 Å². The van der Waals surface area contributed by atoms with E-state index in [1.807, 2.05) is 0 Å². The molecule has 0 spiro atoms. The minimum absolute atomic E-state index is 0.0496. The number of anilines is 2. The number of halogens is 1. The SMILES string of the molecule is O=C(CN1C(=O)/C(=C2\SC(=S)N(CC3CCCO3)C2=O)c2ccccc21)Nc1ccc(Cl)cc1. The Morgan fingerprint density at radius 2 is 1.88 bits per heavy atom. The number of nitrogens with one attached hydrogen (secondary N) is 1. The van der Waals surface area contributed by atoms with Crippen molar-refractivity contribution < 1.29 is 19.1 Å². The Labute approximate surface area is 211 Å². The van der Waals surface area contributed by atoms with Crippen molar-refractivity contribution in [2.75, 3.05) is 29.9 Å². The summed E-state index contributed by atoms with van der Waals surface area (Å²) in [5.74, 6) is -1.06. The molecule has 1 atom stereocenters. The first-order valence-corrected chi connectivity index (χ1v) is 12.4. The van der Waals surface area contributed by atoms with Crippen molar-refractivity contribution in [3.8, 4) is 0 Å². The van der Waals surface area contributed by atoms with Gasteiger partial charge in [0.1, 0.15) is 10.9 Å². The molecule has 0 aromatic heterocycles. The number of benzene rings is 2. The van der Waals surface area contributed by atoms with Crippen molar-refractivity contribution in [1.29, 1.82) is 0 Å². The minimum atomic E-state index is -0.398. The lowest BCUT2D eigenvalue weighted by molar-refractivity contribution is -0.123. The second-order valence-corrected chi connectivity index (χ2v) is 10.2. The Bertz CT molecular complexity index is 1220. The van der Waals surface area contributed by atoms with E-state index in [4.69, 9.17) is 28.6 Å². The lowest BCUT2D eigenvalue weighted by Crippen LogP contribution is -2.36. The molecule has 3 aliphatic rings. The quantitative estimate of drug-likeness (QED) is 0.479. The molecular formula is C24H20ClN3O4S2. The molecule has 10 heteroatoms. The lowest BCUT2D eigenvalue weighted by atomic mass is 10.1. The van der Waals surface area contributed by atoms with Crippen molar-refractivity contribution in [3.63, 3.8) is 0 Å². The molecule has 0 bridgehead atoms. The number of ether oxygens (including phenoxy) is 1. The van der Waals surface area contributed by atoms with E-state index in [-0.39, 0.29) is 30.0 Å². The first kappa shape index (κ1) is 23.0. The molecule has 5 rings (SSSR count). The van der Waals surface area contributed by atoms with E-state index in [9.17, 15) is 14.4 Å². The highest BCUT2D eigenvalue weighted by molar-refractivity contribution is 8.26. The van der Waals surface area contributed by atoms with Gasteiger partial charge >= 0.3 is 0 Å². The Kier molecular flexibility index (Phi) is 6.44. The Morgan fingerprint density at radius 1 is 1.12 bits per heavy atom. The van der Waals surface area contributed by atoms with Crippen molar-refractivity contribution >= 4 is 74.6 Å².